The van der Waals surface area contributed by atoms with Crippen molar-refractivity contribution in [3.8, 4) is 0 Å². The van der Waals surface area contributed by atoms with Crippen LogP contribution in [0.1, 0.15) is 52.8 Å². The molecule has 2 rings (SSSR count). The molecule has 2 heteroatoms. The third-order valence-electron chi connectivity index (χ3n) is 4.02. The van der Waals surface area contributed by atoms with E-state index in [-0.39, 0.29) is 6.04 Å². The van der Waals surface area contributed by atoms with Gasteiger partial charge in [0.15, 0.2) is 0 Å². The van der Waals surface area contributed by atoms with Gasteiger partial charge in [-0.25, -0.2) is 0 Å². The molecule has 1 aromatic heterocycles. The number of nitrogens with zero attached hydrogens (tertiary/aromatic N) is 1. The van der Waals surface area contributed by atoms with Crippen LogP contribution in [0.3, 0.4) is 0 Å². The Morgan fingerprint density at radius 3 is 2.29 bits per heavy atom. The van der Waals surface area contributed by atoms with Gasteiger partial charge in [-0.05, 0) is 74.5 Å². The highest BCUT2D eigenvalue weighted by Gasteiger charge is 2.19. The van der Waals surface area contributed by atoms with E-state index in [0.29, 0.717) is 0 Å². The van der Waals surface area contributed by atoms with Crippen molar-refractivity contribution in [2.75, 3.05) is 6.54 Å². The van der Waals surface area contributed by atoms with Gasteiger partial charge in [0.2, 0.25) is 0 Å². The summed E-state index contributed by atoms with van der Waals surface area (Å²) in [4.78, 5) is 4.34. The largest absolute Gasteiger partial charge is 0.306 e. The number of aromatic nitrogens is 1. The Hall–Kier alpha value is -1.67. The average molecular weight is 282 g/mol. The summed E-state index contributed by atoms with van der Waals surface area (Å²) in [5.41, 5.74) is 7.99. The second-order valence-corrected chi connectivity index (χ2v) is 5.93. The molecule has 0 aliphatic heterocycles. The lowest BCUT2D eigenvalue weighted by molar-refractivity contribution is 0.590. The van der Waals surface area contributed by atoms with Crippen LogP contribution >= 0.6 is 0 Å². The summed E-state index contributed by atoms with van der Waals surface area (Å²) in [7, 11) is 0. The molecular formula is C19H26N2. The fourth-order valence-electron chi connectivity index (χ4n) is 3.08. The van der Waals surface area contributed by atoms with Gasteiger partial charge in [-0.2, -0.15) is 0 Å². The number of hydrogen-bond donors (Lipinski definition) is 1. The second-order valence-electron chi connectivity index (χ2n) is 5.93. The Morgan fingerprint density at radius 1 is 1.05 bits per heavy atom. The van der Waals surface area contributed by atoms with Crippen LogP contribution < -0.4 is 5.32 Å². The SMILES string of the molecule is CCCNC(c1cnccc1C)c1c(C)cc(C)cc1C. The number of hydrogen-bond acceptors (Lipinski definition) is 2. The molecule has 1 aromatic carbocycles. The first-order valence-electron chi connectivity index (χ1n) is 7.76. The van der Waals surface area contributed by atoms with Crippen molar-refractivity contribution < 1.29 is 0 Å². The molecule has 0 saturated heterocycles. The monoisotopic (exact) mass is 282 g/mol. The van der Waals surface area contributed by atoms with Crippen LogP contribution in [0.15, 0.2) is 30.6 Å². The lowest BCUT2D eigenvalue weighted by Crippen LogP contribution is -2.25. The van der Waals surface area contributed by atoms with E-state index in [1.807, 2.05) is 12.4 Å². The molecule has 0 bridgehead atoms. The molecule has 0 aliphatic rings. The number of rotatable bonds is 5. The zero-order valence-electron chi connectivity index (χ0n) is 13.8. The predicted molar refractivity (Wildman–Crippen MR) is 89.8 cm³/mol. The minimum atomic E-state index is 0.222. The third kappa shape index (κ3) is 3.51. The summed E-state index contributed by atoms with van der Waals surface area (Å²) in [5, 5.41) is 3.70. The molecule has 0 amide bonds. The molecule has 0 spiro atoms. The lowest BCUT2D eigenvalue weighted by atomic mass is 9.89. The molecule has 1 heterocycles. The van der Waals surface area contributed by atoms with Gasteiger partial charge >= 0.3 is 0 Å². The molecule has 0 aliphatic carbocycles. The average Bonchev–Trinajstić information content (AvgIpc) is 2.42. The quantitative estimate of drug-likeness (QED) is 0.879. The molecule has 21 heavy (non-hydrogen) atoms. The highest BCUT2D eigenvalue weighted by Crippen LogP contribution is 2.30. The highest BCUT2D eigenvalue weighted by atomic mass is 14.9. The first-order chi connectivity index (χ1) is 10.0. The van der Waals surface area contributed by atoms with E-state index in [2.05, 4.69) is 63.1 Å². The number of pyridine rings is 1. The van der Waals surface area contributed by atoms with Crippen LogP contribution in [0.25, 0.3) is 0 Å². The van der Waals surface area contributed by atoms with Gasteiger partial charge in [0.1, 0.15) is 0 Å². The smallest absolute Gasteiger partial charge is 0.0599 e. The molecule has 0 fully saturated rings. The minimum absolute atomic E-state index is 0.222. The third-order valence-corrected chi connectivity index (χ3v) is 4.02. The summed E-state index contributed by atoms with van der Waals surface area (Å²) >= 11 is 0. The van der Waals surface area contributed by atoms with Crippen molar-refractivity contribution in [2.24, 2.45) is 0 Å². The van der Waals surface area contributed by atoms with Gasteiger partial charge in [0.05, 0.1) is 6.04 Å². The van der Waals surface area contributed by atoms with Crippen molar-refractivity contribution in [1.82, 2.24) is 10.3 Å². The van der Waals surface area contributed by atoms with E-state index in [4.69, 9.17) is 0 Å². The van der Waals surface area contributed by atoms with Crippen molar-refractivity contribution in [3.05, 3.63) is 64.0 Å². The zero-order chi connectivity index (χ0) is 15.4. The molecule has 1 atom stereocenters. The Balaban J connectivity index is 2.54. The molecule has 2 aromatic rings. The van der Waals surface area contributed by atoms with Gasteiger partial charge in [-0.15, -0.1) is 0 Å². The van der Waals surface area contributed by atoms with Crippen LogP contribution in [0.4, 0.5) is 0 Å². The standard InChI is InChI=1S/C19H26N2/c1-6-8-21-19(17-12-20-9-7-14(17)3)18-15(4)10-13(2)11-16(18)5/h7,9-12,19,21H,6,8H2,1-5H3. The summed E-state index contributed by atoms with van der Waals surface area (Å²) in [5.74, 6) is 0. The maximum Gasteiger partial charge on any atom is 0.0599 e. The van der Waals surface area contributed by atoms with Crippen LogP contribution in [-0.4, -0.2) is 11.5 Å². The van der Waals surface area contributed by atoms with Gasteiger partial charge in [0.25, 0.3) is 0 Å². The first-order valence-corrected chi connectivity index (χ1v) is 7.76. The summed E-state index contributed by atoms with van der Waals surface area (Å²) in [6.07, 6.45) is 4.99. The molecule has 1 N–H and O–H groups in total. The molecule has 1 unspecified atom stereocenters. The fourth-order valence-corrected chi connectivity index (χ4v) is 3.08. The number of benzene rings is 1. The highest BCUT2D eigenvalue weighted by molar-refractivity contribution is 5.45. The van der Waals surface area contributed by atoms with Crippen molar-refractivity contribution in [3.63, 3.8) is 0 Å². The summed E-state index contributed by atoms with van der Waals surface area (Å²) in [6, 6.07) is 6.86. The van der Waals surface area contributed by atoms with E-state index >= 15 is 0 Å². The number of aryl methyl sites for hydroxylation is 4. The topological polar surface area (TPSA) is 24.9 Å². The first kappa shape index (κ1) is 15.7. The normalized spacial score (nSPS) is 12.4. The lowest BCUT2D eigenvalue weighted by Gasteiger charge is -2.25. The van der Waals surface area contributed by atoms with Crippen LogP contribution in [0.2, 0.25) is 0 Å². The maximum absolute atomic E-state index is 4.34. The molecule has 0 saturated carbocycles. The molecule has 2 nitrogen and oxygen atoms in total. The molecule has 0 radical (unpaired) electrons. The number of nitrogens with one attached hydrogen (secondary N) is 1. The van der Waals surface area contributed by atoms with E-state index in [1.165, 1.54) is 33.4 Å². The van der Waals surface area contributed by atoms with E-state index in [9.17, 15) is 0 Å². The van der Waals surface area contributed by atoms with Crippen molar-refractivity contribution in [1.29, 1.82) is 0 Å². The molecular weight excluding hydrogens is 256 g/mol. The van der Waals surface area contributed by atoms with Gasteiger partial charge in [-0.1, -0.05) is 24.6 Å². The molecule has 112 valence electrons. The van der Waals surface area contributed by atoms with Crippen LogP contribution in [0, 0.1) is 27.7 Å². The Kier molecular flexibility index (Phi) is 5.13. The maximum atomic E-state index is 4.34. The summed E-state index contributed by atoms with van der Waals surface area (Å²) < 4.78 is 0. The van der Waals surface area contributed by atoms with Crippen LogP contribution in [-0.2, 0) is 0 Å². The Morgan fingerprint density at radius 2 is 1.71 bits per heavy atom. The second kappa shape index (κ2) is 6.86. The Bertz CT molecular complexity index is 594. The Labute approximate surface area is 128 Å². The van der Waals surface area contributed by atoms with Crippen LogP contribution in [0.5, 0.6) is 0 Å². The zero-order valence-corrected chi connectivity index (χ0v) is 13.8. The van der Waals surface area contributed by atoms with Gasteiger partial charge < -0.3 is 5.32 Å². The van der Waals surface area contributed by atoms with E-state index < -0.39 is 0 Å². The summed E-state index contributed by atoms with van der Waals surface area (Å²) in [6.45, 7) is 12.0. The van der Waals surface area contributed by atoms with Crippen molar-refractivity contribution >= 4 is 0 Å². The van der Waals surface area contributed by atoms with Gasteiger partial charge in [0, 0.05) is 12.4 Å². The predicted octanol–water partition coefficient (Wildman–Crippen LogP) is 4.40. The van der Waals surface area contributed by atoms with Crippen molar-refractivity contribution in [2.45, 2.75) is 47.1 Å². The minimum Gasteiger partial charge on any atom is -0.306 e. The van der Waals surface area contributed by atoms with E-state index in [0.717, 1.165) is 13.0 Å². The van der Waals surface area contributed by atoms with E-state index in [1.54, 1.807) is 0 Å². The van der Waals surface area contributed by atoms with Gasteiger partial charge in [-0.3, -0.25) is 4.98 Å². The fraction of sp³-hybridized carbons (Fsp3) is 0.421.